The largest absolute Gasteiger partial charge is 0.469 e. The molecule has 4 unspecified atom stereocenters. The zero-order valence-electron chi connectivity index (χ0n) is 25.6. The fourth-order valence-corrected chi connectivity index (χ4v) is 7.31. The van der Waals surface area contributed by atoms with Gasteiger partial charge in [0.05, 0.1) is 25.4 Å². The van der Waals surface area contributed by atoms with E-state index in [4.69, 9.17) is 23.7 Å². The SMILES string of the molecule is CCCC1CCC([C@@H](C=C[C@@H]2[C@@H](CC=CCCCC(=O)OC)[C@@H](O)C[C@H]2OC2CCCCO2)OC2CCCCO2)C1. The van der Waals surface area contributed by atoms with Crippen LogP contribution in [-0.2, 0) is 28.5 Å². The first-order valence-electron chi connectivity index (χ1n) is 16.7. The summed E-state index contributed by atoms with van der Waals surface area (Å²) in [6, 6.07) is 0. The lowest BCUT2D eigenvalue weighted by atomic mass is 9.88. The van der Waals surface area contributed by atoms with Crippen molar-refractivity contribution in [3.8, 4) is 0 Å². The van der Waals surface area contributed by atoms with Crippen LogP contribution in [0.2, 0.25) is 0 Å². The average Bonchev–Trinajstić information content (AvgIpc) is 3.57. The highest BCUT2D eigenvalue weighted by Gasteiger charge is 2.43. The second-order valence-electron chi connectivity index (χ2n) is 12.7. The van der Waals surface area contributed by atoms with Gasteiger partial charge in [-0.2, -0.15) is 0 Å². The second-order valence-corrected chi connectivity index (χ2v) is 12.7. The van der Waals surface area contributed by atoms with Gasteiger partial charge in [-0.15, -0.1) is 0 Å². The molecule has 2 aliphatic carbocycles. The van der Waals surface area contributed by atoms with Crippen molar-refractivity contribution in [2.45, 2.75) is 141 Å². The summed E-state index contributed by atoms with van der Waals surface area (Å²) in [7, 11) is 1.43. The number of methoxy groups -OCH3 is 1. The van der Waals surface area contributed by atoms with Gasteiger partial charge in [-0.1, -0.05) is 50.5 Å². The van der Waals surface area contributed by atoms with Crippen molar-refractivity contribution in [3.05, 3.63) is 24.3 Å². The minimum atomic E-state index is -0.431. The number of ether oxygens (including phenoxy) is 5. The van der Waals surface area contributed by atoms with Crippen LogP contribution in [0.5, 0.6) is 0 Å². The summed E-state index contributed by atoms with van der Waals surface area (Å²) in [5.41, 5.74) is 0. The van der Waals surface area contributed by atoms with Gasteiger partial charge < -0.3 is 28.8 Å². The van der Waals surface area contributed by atoms with E-state index in [0.717, 1.165) is 76.9 Å². The van der Waals surface area contributed by atoms with Crippen LogP contribution in [0.15, 0.2) is 24.3 Å². The number of carbonyl (C=O) groups excluding carboxylic acids is 1. The van der Waals surface area contributed by atoms with E-state index in [0.29, 0.717) is 18.8 Å². The Morgan fingerprint density at radius 2 is 1.78 bits per heavy atom. The van der Waals surface area contributed by atoms with E-state index in [2.05, 4.69) is 31.2 Å². The molecule has 0 aromatic heterocycles. The summed E-state index contributed by atoms with van der Waals surface area (Å²) in [6.45, 7) is 3.81. The third-order valence-corrected chi connectivity index (χ3v) is 9.62. The number of carbonyl (C=O) groups is 1. The molecule has 0 amide bonds. The first kappa shape index (κ1) is 32.7. The third-order valence-electron chi connectivity index (χ3n) is 9.62. The van der Waals surface area contributed by atoms with Crippen molar-refractivity contribution in [2.24, 2.45) is 23.7 Å². The quantitative estimate of drug-likeness (QED) is 0.129. The molecular weight excluding hydrogens is 520 g/mol. The van der Waals surface area contributed by atoms with Crippen LogP contribution in [0.4, 0.5) is 0 Å². The lowest BCUT2D eigenvalue weighted by Gasteiger charge is -2.31. The molecule has 7 heteroatoms. The highest BCUT2D eigenvalue weighted by atomic mass is 16.7. The Bertz CT molecular complexity index is 801. The van der Waals surface area contributed by atoms with Crippen LogP contribution in [-0.4, -0.2) is 62.3 Å². The molecule has 0 aromatic carbocycles. The Hall–Kier alpha value is -1.25. The highest BCUT2D eigenvalue weighted by Crippen LogP contribution is 2.41. The van der Waals surface area contributed by atoms with E-state index in [-0.39, 0.29) is 42.6 Å². The summed E-state index contributed by atoms with van der Waals surface area (Å²) in [5.74, 6) is 1.29. The molecule has 0 radical (unpaired) electrons. The number of esters is 1. The molecule has 7 nitrogen and oxygen atoms in total. The van der Waals surface area contributed by atoms with Crippen molar-refractivity contribution >= 4 is 5.97 Å². The number of hydrogen-bond donors (Lipinski definition) is 1. The Labute approximate surface area is 248 Å². The van der Waals surface area contributed by atoms with E-state index >= 15 is 0 Å². The minimum Gasteiger partial charge on any atom is -0.469 e. The molecule has 0 spiro atoms. The molecule has 4 rings (SSSR count). The molecule has 2 saturated heterocycles. The van der Waals surface area contributed by atoms with Gasteiger partial charge in [0.15, 0.2) is 12.6 Å². The number of hydrogen-bond acceptors (Lipinski definition) is 7. The smallest absolute Gasteiger partial charge is 0.305 e. The van der Waals surface area contributed by atoms with Gasteiger partial charge in [0.2, 0.25) is 0 Å². The summed E-state index contributed by atoms with van der Waals surface area (Å²) in [4.78, 5) is 11.4. The Morgan fingerprint density at radius 3 is 2.49 bits per heavy atom. The van der Waals surface area contributed by atoms with Crippen molar-refractivity contribution in [3.63, 3.8) is 0 Å². The highest BCUT2D eigenvalue weighted by molar-refractivity contribution is 5.69. The van der Waals surface area contributed by atoms with E-state index in [1.165, 1.54) is 39.2 Å². The van der Waals surface area contributed by atoms with E-state index in [1.807, 2.05) is 0 Å². The van der Waals surface area contributed by atoms with Gasteiger partial charge in [0.25, 0.3) is 0 Å². The Balaban J connectivity index is 1.45. The topological polar surface area (TPSA) is 83.5 Å². The van der Waals surface area contributed by atoms with Crippen molar-refractivity contribution in [1.82, 2.24) is 0 Å². The first-order chi connectivity index (χ1) is 20.1. The fourth-order valence-electron chi connectivity index (χ4n) is 7.31. The molecule has 2 saturated carbocycles. The standard InChI is InChI=1S/C34H56O7/c1-3-12-25-17-18-26(23-25)30(40-33-15-8-10-21-38-33)20-19-28-27(13-6-4-5-7-14-32(36)37-2)29(35)24-31(28)41-34-16-9-11-22-39-34/h4,6,19-20,25-31,33-35H,3,5,7-18,21-24H2,1-2H3/t25?,26?,27-,28-,29+,30-,31-,33?,34?/m1/s1. The molecule has 2 aliphatic heterocycles. The predicted octanol–water partition coefficient (Wildman–Crippen LogP) is 6.87. The monoisotopic (exact) mass is 576 g/mol. The Kier molecular flexibility index (Phi) is 14.2. The van der Waals surface area contributed by atoms with Crippen LogP contribution in [0.25, 0.3) is 0 Å². The molecule has 9 atom stereocenters. The van der Waals surface area contributed by atoms with Crippen molar-refractivity contribution < 1.29 is 33.6 Å². The zero-order valence-corrected chi connectivity index (χ0v) is 25.6. The molecule has 4 aliphatic rings. The number of unbranched alkanes of at least 4 members (excludes halogenated alkanes) is 1. The number of aliphatic hydroxyl groups excluding tert-OH is 1. The second kappa shape index (κ2) is 17.8. The molecule has 1 N–H and O–H groups in total. The maximum absolute atomic E-state index is 11.4. The number of allylic oxidation sites excluding steroid dienone is 2. The molecule has 234 valence electrons. The van der Waals surface area contributed by atoms with Gasteiger partial charge in [-0.3, -0.25) is 4.79 Å². The first-order valence-corrected chi connectivity index (χ1v) is 16.7. The van der Waals surface area contributed by atoms with Gasteiger partial charge >= 0.3 is 5.97 Å². The van der Waals surface area contributed by atoms with Crippen LogP contribution >= 0.6 is 0 Å². The third kappa shape index (κ3) is 10.5. The molecule has 2 heterocycles. The molecule has 4 fully saturated rings. The van der Waals surface area contributed by atoms with E-state index in [1.54, 1.807) is 0 Å². The van der Waals surface area contributed by atoms with E-state index < -0.39 is 6.10 Å². The van der Waals surface area contributed by atoms with Gasteiger partial charge in [0, 0.05) is 32.0 Å². The average molecular weight is 577 g/mol. The summed E-state index contributed by atoms with van der Waals surface area (Å²) in [5, 5.41) is 11.2. The molecular formula is C34H56O7. The molecule has 41 heavy (non-hydrogen) atoms. The van der Waals surface area contributed by atoms with Crippen molar-refractivity contribution in [1.29, 1.82) is 0 Å². The number of aliphatic hydroxyl groups is 1. The predicted molar refractivity (Wildman–Crippen MR) is 159 cm³/mol. The summed E-state index contributed by atoms with van der Waals surface area (Å²) >= 11 is 0. The van der Waals surface area contributed by atoms with Gasteiger partial charge in [-0.05, 0) is 88.4 Å². The normalized spacial score (nSPS) is 35.4. The summed E-state index contributed by atoms with van der Waals surface area (Å²) < 4.78 is 29.9. The van der Waals surface area contributed by atoms with Crippen LogP contribution in [0, 0.1) is 23.7 Å². The summed E-state index contributed by atoms with van der Waals surface area (Å²) in [6.07, 6.45) is 24.1. The zero-order chi connectivity index (χ0) is 28.9. The van der Waals surface area contributed by atoms with Gasteiger partial charge in [-0.25, -0.2) is 0 Å². The number of rotatable bonds is 15. The van der Waals surface area contributed by atoms with Crippen molar-refractivity contribution in [2.75, 3.05) is 20.3 Å². The van der Waals surface area contributed by atoms with E-state index in [9.17, 15) is 9.90 Å². The fraction of sp³-hybridized carbons (Fsp3) is 0.853. The molecule has 0 aromatic rings. The lowest BCUT2D eigenvalue weighted by molar-refractivity contribution is -0.193. The minimum absolute atomic E-state index is 0.0267. The van der Waals surface area contributed by atoms with Gasteiger partial charge in [0.1, 0.15) is 0 Å². The Morgan fingerprint density at radius 1 is 1.00 bits per heavy atom. The maximum atomic E-state index is 11.4. The lowest BCUT2D eigenvalue weighted by Crippen LogP contribution is -2.32. The van der Waals surface area contributed by atoms with Crippen LogP contribution < -0.4 is 0 Å². The molecule has 0 bridgehead atoms. The van der Waals surface area contributed by atoms with Crippen LogP contribution in [0.1, 0.15) is 110 Å². The van der Waals surface area contributed by atoms with Crippen LogP contribution in [0.3, 0.4) is 0 Å². The maximum Gasteiger partial charge on any atom is 0.305 e.